The number of nitrogens with one attached hydrogen (secondary N) is 1. The Labute approximate surface area is 138 Å². The largest absolute Gasteiger partial charge is 0.467 e. The minimum Gasteiger partial charge on any atom is -0.467 e. The summed E-state index contributed by atoms with van der Waals surface area (Å²) in [5.74, 6) is 0.699. The Morgan fingerprint density at radius 1 is 1.21 bits per heavy atom. The highest BCUT2D eigenvalue weighted by Gasteiger charge is 2.06. The molecule has 0 saturated heterocycles. The maximum absolute atomic E-state index is 12.0. The third-order valence-electron chi connectivity index (χ3n) is 3.13. The maximum Gasteiger partial charge on any atom is 0.387 e. The molecule has 0 unspecified atom stereocenters. The molecular weight excluding hydrogens is 320 g/mol. The standard InChI is InChI=1S/C17H19F2NO4/c18-17(19)24-14-6-4-13(5-7-14)11-16(21)20-8-2-9-22-12-15-3-1-10-23-15/h1,3-7,10,17H,2,8-9,11-12H2,(H,20,21). The Bertz CT molecular complexity index is 600. The highest BCUT2D eigenvalue weighted by Crippen LogP contribution is 2.15. The molecule has 0 fully saturated rings. The first-order valence-corrected chi connectivity index (χ1v) is 7.54. The number of furan rings is 1. The SMILES string of the molecule is O=C(Cc1ccc(OC(F)F)cc1)NCCCOCc1ccco1. The number of carbonyl (C=O) groups excluding carboxylic acids is 1. The fourth-order valence-electron chi connectivity index (χ4n) is 2.01. The van der Waals surface area contributed by atoms with Gasteiger partial charge in [0.05, 0.1) is 12.7 Å². The highest BCUT2D eigenvalue weighted by atomic mass is 19.3. The summed E-state index contributed by atoms with van der Waals surface area (Å²) in [5, 5.41) is 2.78. The van der Waals surface area contributed by atoms with Crippen molar-refractivity contribution in [3.05, 3.63) is 54.0 Å². The van der Waals surface area contributed by atoms with Gasteiger partial charge in [-0.1, -0.05) is 12.1 Å². The van der Waals surface area contributed by atoms with E-state index in [2.05, 4.69) is 10.1 Å². The van der Waals surface area contributed by atoms with E-state index in [-0.39, 0.29) is 18.1 Å². The van der Waals surface area contributed by atoms with Crippen molar-refractivity contribution >= 4 is 5.91 Å². The molecule has 0 saturated carbocycles. The van der Waals surface area contributed by atoms with Crippen LogP contribution in [0.1, 0.15) is 17.7 Å². The first-order chi connectivity index (χ1) is 11.6. The van der Waals surface area contributed by atoms with Gasteiger partial charge in [0, 0.05) is 13.2 Å². The molecule has 130 valence electrons. The van der Waals surface area contributed by atoms with E-state index >= 15 is 0 Å². The van der Waals surface area contributed by atoms with Gasteiger partial charge in [-0.25, -0.2) is 0 Å². The Balaban J connectivity index is 1.57. The molecule has 0 aliphatic carbocycles. The lowest BCUT2D eigenvalue weighted by Crippen LogP contribution is -2.26. The molecule has 0 aliphatic rings. The predicted octanol–water partition coefficient (Wildman–Crippen LogP) is 3.15. The average Bonchev–Trinajstić information content (AvgIpc) is 3.05. The molecule has 2 aromatic rings. The Hall–Kier alpha value is -2.41. The molecule has 0 radical (unpaired) electrons. The third-order valence-corrected chi connectivity index (χ3v) is 3.13. The van der Waals surface area contributed by atoms with Crippen molar-refractivity contribution < 1.29 is 27.5 Å². The fraction of sp³-hybridized carbons (Fsp3) is 0.353. The van der Waals surface area contributed by atoms with Crippen LogP contribution in [0, 0.1) is 0 Å². The lowest BCUT2D eigenvalue weighted by molar-refractivity contribution is -0.120. The molecule has 0 atom stereocenters. The summed E-state index contributed by atoms with van der Waals surface area (Å²) in [6.45, 7) is -1.42. The summed E-state index contributed by atoms with van der Waals surface area (Å²) in [7, 11) is 0. The molecule has 0 spiro atoms. The highest BCUT2D eigenvalue weighted by molar-refractivity contribution is 5.78. The van der Waals surface area contributed by atoms with Crippen molar-refractivity contribution in [2.45, 2.75) is 26.1 Å². The van der Waals surface area contributed by atoms with Crippen LogP contribution in [0.3, 0.4) is 0 Å². The van der Waals surface area contributed by atoms with Crippen LogP contribution in [-0.2, 0) is 22.6 Å². The van der Waals surface area contributed by atoms with Crippen molar-refractivity contribution in [3.8, 4) is 5.75 Å². The monoisotopic (exact) mass is 339 g/mol. The molecule has 1 amide bonds. The number of halogens is 2. The van der Waals surface area contributed by atoms with Crippen LogP contribution in [0.5, 0.6) is 5.75 Å². The van der Waals surface area contributed by atoms with Crippen LogP contribution in [0.15, 0.2) is 47.1 Å². The molecule has 1 aromatic heterocycles. The molecule has 24 heavy (non-hydrogen) atoms. The van der Waals surface area contributed by atoms with Crippen LogP contribution in [0.4, 0.5) is 8.78 Å². The summed E-state index contributed by atoms with van der Waals surface area (Å²) in [5.41, 5.74) is 0.725. The molecule has 1 heterocycles. The number of hydrogen-bond donors (Lipinski definition) is 1. The number of benzene rings is 1. The lowest BCUT2D eigenvalue weighted by Gasteiger charge is -2.07. The smallest absolute Gasteiger partial charge is 0.387 e. The fourth-order valence-corrected chi connectivity index (χ4v) is 2.01. The van der Waals surface area contributed by atoms with Crippen LogP contribution in [0.2, 0.25) is 0 Å². The van der Waals surface area contributed by atoms with Crippen molar-refractivity contribution in [2.24, 2.45) is 0 Å². The second kappa shape index (κ2) is 9.67. The van der Waals surface area contributed by atoms with Crippen molar-refractivity contribution in [1.82, 2.24) is 5.32 Å². The van der Waals surface area contributed by atoms with Crippen LogP contribution in [-0.4, -0.2) is 25.7 Å². The number of carbonyl (C=O) groups is 1. The molecular formula is C17H19F2NO4. The average molecular weight is 339 g/mol. The van der Waals surface area contributed by atoms with Gasteiger partial charge in [-0.2, -0.15) is 8.78 Å². The zero-order valence-corrected chi connectivity index (χ0v) is 13.0. The van der Waals surface area contributed by atoms with E-state index in [0.717, 1.165) is 11.3 Å². The Morgan fingerprint density at radius 2 is 2.00 bits per heavy atom. The molecule has 0 bridgehead atoms. The number of amides is 1. The Morgan fingerprint density at radius 3 is 2.67 bits per heavy atom. The van der Waals surface area contributed by atoms with Gasteiger partial charge in [0.2, 0.25) is 5.91 Å². The third kappa shape index (κ3) is 6.78. The van der Waals surface area contributed by atoms with Gasteiger partial charge < -0.3 is 19.2 Å². The van der Waals surface area contributed by atoms with Crippen molar-refractivity contribution in [2.75, 3.05) is 13.2 Å². The minimum atomic E-state index is -2.85. The van der Waals surface area contributed by atoms with Gasteiger partial charge in [-0.3, -0.25) is 4.79 Å². The van der Waals surface area contributed by atoms with E-state index < -0.39 is 6.61 Å². The lowest BCUT2D eigenvalue weighted by atomic mass is 10.1. The molecule has 1 aromatic carbocycles. The van der Waals surface area contributed by atoms with Gasteiger partial charge in [0.15, 0.2) is 0 Å². The van der Waals surface area contributed by atoms with Gasteiger partial charge in [0.25, 0.3) is 0 Å². The van der Waals surface area contributed by atoms with Gasteiger partial charge >= 0.3 is 6.61 Å². The summed E-state index contributed by atoms with van der Waals surface area (Å²) < 4.78 is 38.9. The van der Waals surface area contributed by atoms with E-state index in [1.165, 1.54) is 12.1 Å². The van der Waals surface area contributed by atoms with Crippen LogP contribution < -0.4 is 10.1 Å². The van der Waals surface area contributed by atoms with Gasteiger partial charge in [0.1, 0.15) is 18.1 Å². The van der Waals surface area contributed by atoms with Gasteiger partial charge in [-0.05, 0) is 36.2 Å². The summed E-state index contributed by atoms with van der Waals surface area (Å²) in [6, 6.07) is 9.63. The van der Waals surface area contributed by atoms with Crippen LogP contribution >= 0.6 is 0 Å². The quantitative estimate of drug-likeness (QED) is 0.676. The number of rotatable bonds is 10. The number of hydrogen-bond acceptors (Lipinski definition) is 4. The van der Waals surface area contributed by atoms with E-state index in [4.69, 9.17) is 9.15 Å². The van der Waals surface area contributed by atoms with E-state index in [9.17, 15) is 13.6 Å². The second-order valence-electron chi connectivity index (χ2n) is 5.03. The predicted molar refractivity (Wildman–Crippen MR) is 82.8 cm³/mol. The van der Waals surface area contributed by atoms with Crippen molar-refractivity contribution in [3.63, 3.8) is 0 Å². The Kier molecular flexibility index (Phi) is 7.22. The zero-order valence-electron chi connectivity index (χ0n) is 13.0. The van der Waals surface area contributed by atoms with Crippen LogP contribution in [0.25, 0.3) is 0 Å². The molecule has 7 heteroatoms. The first-order valence-electron chi connectivity index (χ1n) is 7.54. The number of alkyl halides is 2. The second-order valence-corrected chi connectivity index (χ2v) is 5.03. The first kappa shape index (κ1) is 17.9. The summed E-state index contributed by atoms with van der Waals surface area (Å²) >= 11 is 0. The minimum absolute atomic E-state index is 0.0721. The van der Waals surface area contributed by atoms with E-state index in [0.29, 0.717) is 26.2 Å². The van der Waals surface area contributed by atoms with Crippen molar-refractivity contribution in [1.29, 1.82) is 0 Å². The topological polar surface area (TPSA) is 60.7 Å². The van der Waals surface area contributed by atoms with E-state index in [1.807, 2.05) is 6.07 Å². The molecule has 2 rings (SSSR count). The number of ether oxygens (including phenoxy) is 2. The summed E-state index contributed by atoms with van der Waals surface area (Å²) in [6.07, 6.45) is 2.46. The normalized spacial score (nSPS) is 10.8. The molecule has 0 aliphatic heterocycles. The van der Waals surface area contributed by atoms with E-state index in [1.54, 1.807) is 24.5 Å². The van der Waals surface area contributed by atoms with Gasteiger partial charge in [-0.15, -0.1) is 0 Å². The maximum atomic E-state index is 12.0. The zero-order chi connectivity index (χ0) is 17.2. The molecule has 1 N–H and O–H groups in total. The summed E-state index contributed by atoms with van der Waals surface area (Å²) in [4.78, 5) is 11.8. The molecule has 5 nitrogen and oxygen atoms in total.